The Kier molecular flexibility index (Phi) is 5.25. The number of carbonyl (C=O) groups excluding carboxylic acids is 1. The molecule has 0 aromatic heterocycles. The van der Waals surface area contributed by atoms with Gasteiger partial charge in [-0.3, -0.25) is 4.79 Å². The lowest BCUT2D eigenvalue weighted by molar-refractivity contribution is -0.172. The number of amides is 1. The Morgan fingerprint density at radius 2 is 1.81 bits per heavy atom. The number of likely N-dealkylation sites (tertiary alicyclic amines) is 1. The van der Waals surface area contributed by atoms with Gasteiger partial charge < -0.3 is 15.4 Å². The van der Waals surface area contributed by atoms with Crippen molar-refractivity contribution in [1.29, 1.82) is 0 Å². The van der Waals surface area contributed by atoms with Crippen LogP contribution in [-0.2, 0) is 14.9 Å². The number of carbonyl (C=O) groups is 1. The summed E-state index contributed by atoms with van der Waals surface area (Å²) in [6.45, 7) is 6.92. The third-order valence-electron chi connectivity index (χ3n) is 9.59. The number of hydrogen-bond acceptors (Lipinski definition) is 3. The van der Waals surface area contributed by atoms with Gasteiger partial charge >= 0.3 is 0 Å². The molecule has 1 saturated heterocycles. The van der Waals surface area contributed by atoms with Crippen molar-refractivity contribution < 1.29 is 9.53 Å². The van der Waals surface area contributed by atoms with Crippen LogP contribution in [0.2, 0.25) is 0 Å². The van der Waals surface area contributed by atoms with E-state index in [-0.39, 0.29) is 22.3 Å². The molecule has 1 heterocycles. The van der Waals surface area contributed by atoms with Crippen molar-refractivity contribution >= 4 is 5.91 Å². The zero-order valence-corrected chi connectivity index (χ0v) is 19.6. The highest BCUT2D eigenvalue weighted by atomic mass is 16.5. The van der Waals surface area contributed by atoms with Crippen molar-refractivity contribution in [2.45, 2.75) is 70.3 Å². The van der Waals surface area contributed by atoms with Crippen LogP contribution in [0.5, 0.6) is 0 Å². The second-order valence-electron chi connectivity index (χ2n) is 12.0. The van der Waals surface area contributed by atoms with Crippen LogP contribution < -0.4 is 5.73 Å². The second-order valence-corrected chi connectivity index (χ2v) is 12.0. The van der Waals surface area contributed by atoms with Gasteiger partial charge in [0.1, 0.15) is 0 Å². The molecule has 5 fully saturated rings. The number of benzene rings is 1. The van der Waals surface area contributed by atoms with E-state index in [1.54, 1.807) is 0 Å². The topological polar surface area (TPSA) is 55.6 Å². The lowest BCUT2D eigenvalue weighted by Gasteiger charge is -2.65. The minimum Gasteiger partial charge on any atom is -0.385 e. The molecule has 2 unspecified atom stereocenters. The van der Waals surface area contributed by atoms with Gasteiger partial charge in [0, 0.05) is 32.8 Å². The van der Waals surface area contributed by atoms with E-state index in [0.717, 1.165) is 51.8 Å². The number of ether oxygens (including phenoxy) is 1. The first-order valence-electron chi connectivity index (χ1n) is 12.4. The highest BCUT2D eigenvalue weighted by Gasteiger charge is 2.64. The molecular formula is C27H40N2O2. The lowest BCUT2D eigenvalue weighted by Crippen LogP contribution is -2.64. The largest absolute Gasteiger partial charge is 0.385 e. The summed E-state index contributed by atoms with van der Waals surface area (Å²) < 4.78 is 5.47. The van der Waals surface area contributed by atoms with Crippen LogP contribution >= 0.6 is 0 Å². The number of rotatable bonds is 5. The first-order chi connectivity index (χ1) is 14.8. The maximum atomic E-state index is 14.2. The molecule has 1 aromatic rings. The molecule has 1 aromatic carbocycles. The fourth-order valence-corrected chi connectivity index (χ4v) is 8.23. The second kappa shape index (κ2) is 7.59. The van der Waals surface area contributed by atoms with Crippen LogP contribution in [0.1, 0.15) is 64.4 Å². The first kappa shape index (κ1) is 21.5. The van der Waals surface area contributed by atoms with Crippen molar-refractivity contribution in [3.8, 4) is 0 Å². The van der Waals surface area contributed by atoms with E-state index in [2.05, 4.69) is 49.1 Å². The van der Waals surface area contributed by atoms with Gasteiger partial charge in [-0.1, -0.05) is 44.2 Å². The van der Waals surface area contributed by atoms with Gasteiger partial charge in [-0.25, -0.2) is 0 Å². The predicted octanol–water partition coefficient (Wildman–Crippen LogP) is 4.37. The average Bonchev–Trinajstić information content (AvgIpc) is 2.75. The number of nitrogens with zero attached hydrogens (tertiary/aromatic N) is 1. The smallest absolute Gasteiger partial charge is 0.228 e. The predicted molar refractivity (Wildman–Crippen MR) is 124 cm³/mol. The van der Waals surface area contributed by atoms with Crippen molar-refractivity contribution in [2.24, 2.45) is 34.3 Å². The van der Waals surface area contributed by atoms with E-state index < -0.39 is 0 Å². The van der Waals surface area contributed by atoms with E-state index in [4.69, 9.17) is 10.5 Å². The summed E-state index contributed by atoms with van der Waals surface area (Å²) in [5.41, 5.74) is 7.85. The van der Waals surface area contributed by atoms with Gasteiger partial charge in [0.05, 0.1) is 5.41 Å². The fraction of sp³-hybridized carbons (Fsp3) is 0.741. The van der Waals surface area contributed by atoms with E-state index in [9.17, 15) is 4.79 Å². The summed E-state index contributed by atoms with van der Waals surface area (Å²) in [6.07, 6.45) is 7.74. The molecule has 1 amide bonds. The Morgan fingerprint density at radius 3 is 2.42 bits per heavy atom. The first-order valence-corrected chi connectivity index (χ1v) is 12.4. The van der Waals surface area contributed by atoms with Crippen LogP contribution in [-0.4, -0.2) is 43.7 Å². The molecule has 4 saturated carbocycles. The quantitative estimate of drug-likeness (QED) is 0.763. The molecule has 4 bridgehead atoms. The highest BCUT2D eigenvalue weighted by Crippen LogP contribution is 2.68. The zero-order valence-electron chi connectivity index (χ0n) is 19.6. The lowest BCUT2D eigenvalue weighted by atomic mass is 9.39. The summed E-state index contributed by atoms with van der Waals surface area (Å²) >= 11 is 0. The summed E-state index contributed by atoms with van der Waals surface area (Å²) in [4.78, 5) is 16.4. The van der Waals surface area contributed by atoms with Crippen molar-refractivity contribution in [2.75, 3.05) is 26.8 Å². The van der Waals surface area contributed by atoms with E-state index >= 15 is 0 Å². The van der Waals surface area contributed by atoms with E-state index in [1.807, 2.05) is 7.11 Å². The summed E-state index contributed by atoms with van der Waals surface area (Å²) in [7, 11) is 1.81. The number of piperidine rings is 1. The van der Waals surface area contributed by atoms with Crippen molar-refractivity contribution in [3.63, 3.8) is 0 Å². The van der Waals surface area contributed by atoms with Gasteiger partial charge in [0.15, 0.2) is 0 Å². The molecule has 1 aliphatic heterocycles. The molecule has 6 rings (SSSR count). The van der Waals surface area contributed by atoms with Gasteiger partial charge in [0.25, 0.3) is 0 Å². The molecule has 4 heteroatoms. The molecule has 3 atom stereocenters. The third kappa shape index (κ3) is 3.45. The van der Waals surface area contributed by atoms with Crippen LogP contribution in [0.25, 0.3) is 0 Å². The van der Waals surface area contributed by atoms with Crippen LogP contribution in [0, 0.1) is 28.6 Å². The third-order valence-corrected chi connectivity index (χ3v) is 9.59. The molecule has 4 aliphatic carbocycles. The van der Waals surface area contributed by atoms with Gasteiger partial charge in [0.2, 0.25) is 5.91 Å². The van der Waals surface area contributed by atoms with E-state index in [1.165, 1.54) is 18.4 Å². The average molecular weight is 425 g/mol. The summed E-state index contributed by atoms with van der Waals surface area (Å²) in [5, 5.41) is 0. The highest BCUT2D eigenvalue weighted by molar-refractivity contribution is 5.84. The molecule has 5 aliphatic rings. The molecule has 170 valence electrons. The summed E-state index contributed by atoms with van der Waals surface area (Å²) in [6, 6.07) is 11.3. The Hall–Kier alpha value is -1.39. The monoisotopic (exact) mass is 424 g/mol. The van der Waals surface area contributed by atoms with Crippen molar-refractivity contribution in [3.05, 3.63) is 35.9 Å². The maximum Gasteiger partial charge on any atom is 0.228 e. The van der Waals surface area contributed by atoms with Crippen molar-refractivity contribution in [1.82, 2.24) is 4.90 Å². The Morgan fingerprint density at radius 1 is 1.13 bits per heavy atom. The molecule has 2 N–H and O–H groups in total. The van der Waals surface area contributed by atoms with Gasteiger partial charge in [-0.05, 0) is 79.1 Å². The molecule has 31 heavy (non-hydrogen) atoms. The van der Waals surface area contributed by atoms with Crippen LogP contribution in [0.3, 0.4) is 0 Å². The minimum absolute atomic E-state index is 0.00563. The number of methoxy groups -OCH3 is 1. The number of hydrogen-bond donors (Lipinski definition) is 1. The molecule has 4 nitrogen and oxygen atoms in total. The maximum absolute atomic E-state index is 14.2. The normalized spacial score (nSPS) is 40.8. The van der Waals surface area contributed by atoms with Gasteiger partial charge in [-0.2, -0.15) is 0 Å². The van der Waals surface area contributed by atoms with E-state index in [0.29, 0.717) is 23.7 Å². The zero-order chi connectivity index (χ0) is 21.9. The Balaban J connectivity index is 1.47. The number of nitrogens with two attached hydrogens (primary N) is 1. The van der Waals surface area contributed by atoms with Crippen LogP contribution in [0.4, 0.5) is 0 Å². The molecule has 0 spiro atoms. The summed E-state index contributed by atoms with van der Waals surface area (Å²) in [5.74, 6) is 2.43. The minimum atomic E-state index is -0.178. The molecular weight excluding hydrogens is 384 g/mol. The standard InChI is InChI=1S/C27H40N2O2/c1-25(2)18-29(11-9-23(25)28)24(30)27-15-19-13-26(17-27,21-7-5-4-6-8-21)14-20(16-27)22(19)10-12-31-3/h4-8,19-20,22-23H,9-18,28H2,1-3H3/t19?,20?,22?,23-,26?,27?/m0/s1. The Labute approximate surface area is 187 Å². The van der Waals surface area contributed by atoms with Gasteiger partial charge in [-0.15, -0.1) is 0 Å². The fourth-order valence-electron chi connectivity index (χ4n) is 8.23. The van der Waals surface area contributed by atoms with Crippen LogP contribution in [0.15, 0.2) is 30.3 Å². The Bertz CT molecular complexity index is 804. The SMILES string of the molecule is COCCC1C2CC3(C(=O)N4CC[C@H](N)C(C)(C)C4)CC1CC(c1ccccc1)(C2)C3. The molecule has 0 radical (unpaired) electrons.